The molecule has 2 aromatic carbocycles. The van der Waals surface area contributed by atoms with Gasteiger partial charge in [-0.1, -0.05) is 68.0 Å². The van der Waals surface area contributed by atoms with Crippen LogP contribution in [-0.4, -0.2) is 111 Å². The average Bonchev–Trinajstić information content (AvgIpc) is 3.82. The molecular weight excluding hydrogens is 931 g/mol. The molecule has 2 aliphatic heterocycles. The van der Waals surface area contributed by atoms with E-state index in [4.69, 9.17) is 9.15 Å². The number of pyridine rings is 2. The number of nitrogens with one attached hydrogen (secondary N) is 2. The van der Waals surface area contributed by atoms with Crippen LogP contribution in [0.15, 0.2) is 119 Å². The zero-order valence-electron chi connectivity index (χ0n) is 38.0. The zero-order chi connectivity index (χ0) is 48.1. The van der Waals surface area contributed by atoms with Gasteiger partial charge < -0.3 is 30.0 Å². The van der Waals surface area contributed by atoms with E-state index in [9.17, 15) is 33.0 Å². The van der Waals surface area contributed by atoms with Crippen molar-refractivity contribution >= 4 is 27.7 Å². The number of ether oxygens (including phenoxy) is 1. The number of carbonyl (C=O) groups is 2. The van der Waals surface area contributed by atoms with Crippen LogP contribution in [0.3, 0.4) is 0 Å². The Morgan fingerprint density at radius 2 is 1.72 bits per heavy atom. The minimum absolute atomic E-state index is 0.00392. The van der Waals surface area contributed by atoms with E-state index in [1.54, 1.807) is 47.8 Å². The molecule has 0 saturated carbocycles. The number of β-amino-alcohol motifs (C(OH)–C–C–N with tert-alkyl or cyclic N) is 1. The molecule has 1 fully saturated rings. The highest BCUT2D eigenvalue weighted by Gasteiger charge is 2.43. The number of para-hydroxylation sites is 1. The first-order valence-corrected chi connectivity index (χ1v) is 23.2. The number of rotatable bonds is 17. The third-order valence-corrected chi connectivity index (χ3v) is 12.3. The number of aryl methyl sites for hydroxylation is 1. The van der Waals surface area contributed by atoms with Crippen LogP contribution in [-0.2, 0) is 34.4 Å². The maximum absolute atomic E-state index is 14.0. The molecule has 0 radical (unpaired) electrons. The average molecular weight is 991 g/mol. The second-order valence-corrected chi connectivity index (χ2v) is 18.3. The van der Waals surface area contributed by atoms with Gasteiger partial charge in [0.05, 0.1) is 23.9 Å². The number of fused-ring (bicyclic) bond motifs is 1. The Balaban J connectivity index is 0.000000656. The number of piperazine rings is 1. The molecule has 2 amide bonds. The number of hydrogen-bond acceptors (Lipinski definition) is 11. The van der Waals surface area contributed by atoms with Crippen molar-refractivity contribution in [2.24, 2.45) is 5.92 Å². The summed E-state index contributed by atoms with van der Waals surface area (Å²) < 4.78 is 52.8. The predicted molar refractivity (Wildman–Crippen MR) is 252 cm³/mol. The lowest BCUT2D eigenvalue weighted by Crippen LogP contribution is -2.63. The Kier molecular flexibility index (Phi) is 17.9. The Morgan fingerprint density at radius 1 is 0.985 bits per heavy atom. The van der Waals surface area contributed by atoms with Crippen LogP contribution in [0.5, 0.6) is 5.75 Å². The van der Waals surface area contributed by atoms with Crippen molar-refractivity contribution in [3.8, 4) is 17.1 Å². The van der Waals surface area contributed by atoms with Crippen molar-refractivity contribution in [3.63, 3.8) is 0 Å². The van der Waals surface area contributed by atoms with E-state index in [0.717, 1.165) is 40.4 Å². The summed E-state index contributed by atoms with van der Waals surface area (Å²) in [7, 11) is 0. The summed E-state index contributed by atoms with van der Waals surface area (Å²) in [5, 5.41) is 27.4. The van der Waals surface area contributed by atoms with E-state index in [1.807, 2.05) is 85.0 Å². The summed E-state index contributed by atoms with van der Waals surface area (Å²) in [4.78, 5) is 44.1. The molecule has 3 aromatic heterocycles. The Hall–Kier alpha value is -5.46. The molecule has 67 heavy (non-hydrogen) atoms. The number of amides is 2. The van der Waals surface area contributed by atoms with Gasteiger partial charge in [0.25, 0.3) is 0 Å². The summed E-state index contributed by atoms with van der Waals surface area (Å²) in [6.45, 7) is 8.52. The number of hydrogen-bond donors (Lipinski definition) is 4. The Labute approximate surface area is 398 Å². The van der Waals surface area contributed by atoms with Gasteiger partial charge in [-0.05, 0) is 90.4 Å². The minimum atomic E-state index is -4.62. The van der Waals surface area contributed by atoms with Gasteiger partial charge in [-0.3, -0.25) is 29.4 Å². The number of oxazole rings is 1. The molecule has 0 spiro atoms. The third-order valence-electron chi connectivity index (χ3n) is 11.9. The zero-order valence-corrected chi connectivity index (χ0v) is 39.5. The van der Waals surface area contributed by atoms with Gasteiger partial charge in [-0.25, -0.2) is 4.98 Å². The number of nitrogens with zero attached hydrogens (tertiary/aromatic N) is 5. The van der Waals surface area contributed by atoms with Gasteiger partial charge in [0.2, 0.25) is 17.7 Å². The van der Waals surface area contributed by atoms with E-state index >= 15 is 0 Å². The van der Waals surface area contributed by atoms with Gasteiger partial charge in [0, 0.05) is 72.5 Å². The molecule has 5 aromatic rings. The molecule has 1 saturated heterocycles. The second-order valence-electron chi connectivity index (χ2n) is 17.4. The second kappa shape index (κ2) is 23.5. The highest BCUT2D eigenvalue weighted by molar-refractivity contribution is 9.10. The van der Waals surface area contributed by atoms with Crippen molar-refractivity contribution < 1.29 is 42.1 Å². The molecule has 4 N–H and O–H groups in total. The first-order chi connectivity index (χ1) is 32.0. The number of benzene rings is 2. The fraction of sp³-hybridized carbons (Fsp3) is 0.420. The topological polar surface area (TPSA) is 166 Å². The standard InChI is InChI=1S/C42H51F3N6O6.C8H8BrN/c1-4-10-28-18-30(21-46-20-28)36-22-47-40(57-36)41(2,3)51-16-15-50(33(24-51)39(55)48-26-42(43,44)45)23-31(52)19-29(17-27-11-6-5-7-12-27)38(54)49-37-32-13-8-9-14-35(32)56-25-34(37)53;1-2-3-7-4-8(9)6-10-5-7/h5-9,11-14,18,20-22,29,31,33-34,37,52-53H,4,10,15-17,19,23-26H2,1-3H3,(H,48,55)(H,49,54);2,4-6H,1,3H2/t29-,31+,33+,34-,37+;/m1./s1. The monoisotopic (exact) mass is 989 g/mol. The van der Waals surface area contributed by atoms with Crippen molar-refractivity contribution in [2.45, 2.75) is 88.9 Å². The van der Waals surface area contributed by atoms with Crippen molar-refractivity contribution in [2.75, 3.05) is 39.3 Å². The Morgan fingerprint density at radius 3 is 2.45 bits per heavy atom. The molecule has 13 nitrogen and oxygen atoms in total. The van der Waals surface area contributed by atoms with Crippen LogP contribution in [0.4, 0.5) is 13.2 Å². The molecule has 0 unspecified atom stereocenters. The summed E-state index contributed by atoms with van der Waals surface area (Å²) >= 11 is 3.34. The maximum atomic E-state index is 14.0. The molecule has 17 heteroatoms. The van der Waals surface area contributed by atoms with Crippen molar-refractivity contribution in [1.29, 1.82) is 0 Å². The number of aromatic nitrogens is 3. The molecular formula is C50H59BrF3N7O6. The van der Waals surface area contributed by atoms with Crippen molar-refractivity contribution in [3.05, 3.63) is 143 Å². The predicted octanol–water partition coefficient (Wildman–Crippen LogP) is 7.38. The van der Waals surface area contributed by atoms with Gasteiger partial charge >= 0.3 is 6.18 Å². The van der Waals surface area contributed by atoms with Gasteiger partial charge in [0.1, 0.15) is 31.0 Å². The SMILES string of the molecule is C=CCc1cncc(Br)c1.CCCc1cncc(-c2cnc(C(C)(C)N3CCN(C[C@@H](O)C[C@@H](Cc4ccccc4)C(=O)N[C@H]4c5ccccc5OC[C@H]4O)[C@H](C(=O)NCC(F)(F)F)C3)o2)c1. The van der Waals surface area contributed by atoms with Gasteiger partial charge in [0.15, 0.2) is 5.76 Å². The normalized spacial score (nSPS) is 18.6. The van der Waals surface area contributed by atoms with E-state index in [2.05, 4.69) is 49.7 Å². The molecule has 358 valence electrons. The maximum Gasteiger partial charge on any atom is 0.405 e. The molecule has 5 atom stereocenters. The fourth-order valence-corrected chi connectivity index (χ4v) is 8.77. The first-order valence-electron chi connectivity index (χ1n) is 22.4. The molecule has 2 aliphatic rings. The lowest BCUT2D eigenvalue weighted by atomic mass is 9.90. The van der Waals surface area contributed by atoms with Crippen LogP contribution in [0.1, 0.15) is 67.8 Å². The van der Waals surface area contributed by atoms with Gasteiger partial charge in [-0.2, -0.15) is 13.2 Å². The number of aliphatic hydroxyl groups is 2. The van der Waals surface area contributed by atoms with Crippen LogP contribution in [0.25, 0.3) is 11.3 Å². The van der Waals surface area contributed by atoms with E-state index in [-0.39, 0.29) is 45.0 Å². The summed E-state index contributed by atoms with van der Waals surface area (Å²) in [6.07, 6.45) is 6.80. The highest BCUT2D eigenvalue weighted by atomic mass is 79.9. The number of alkyl halides is 3. The molecule has 0 bridgehead atoms. The fourth-order valence-electron chi connectivity index (χ4n) is 8.36. The highest BCUT2D eigenvalue weighted by Crippen LogP contribution is 2.34. The first kappa shape index (κ1) is 50.9. The number of halogens is 4. The van der Waals surface area contributed by atoms with Crippen molar-refractivity contribution in [1.82, 2.24) is 35.4 Å². The lowest BCUT2D eigenvalue weighted by Gasteiger charge is -2.46. The van der Waals surface area contributed by atoms with Gasteiger partial charge in [-0.15, -0.1) is 6.58 Å². The molecule has 5 heterocycles. The van der Waals surface area contributed by atoms with E-state index in [1.165, 1.54) is 5.56 Å². The van der Waals surface area contributed by atoms with E-state index < -0.39 is 54.4 Å². The smallest absolute Gasteiger partial charge is 0.405 e. The van der Waals surface area contributed by atoms with Crippen LogP contribution in [0, 0.1) is 5.92 Å². The molecule has 0 aliphatic carbocycles. The number of allylic oxidation sites excluding steroid dienone is 1. The van der Waals surface area contributed by atoms with E-state index in [0.29, 0.717) is 29.5 Å². The summed E-state index contributed by atoms with van der Waals surface area (Å²) in [5.41, 5.74) is 3.64. The quantitative estimate of drug-likeness (QED) is 0.0687. The minimum Gasteiger partial charge on any atom is -0.490 e. The van der Waals surface area contributed by atoms with Crippen LogP contribution in [0.2, 0.25) is 0 Å². The number of aliphatic hydroxyl groups excluding tert-OH is 2. The largest absolute Gasteiger partial charge is 0.490 e. The summed E-state index contributed by atoms with van der Waals surface area (Å²) in [6, 6.07) is 18.7. The Bertz CT molecular complexity index is 2400. The van der Waals surface area contributed by atoms with Crippen LogP contribution < -0.4 is 15.4 Å². The summed E-state index contributed by atoms with van der Waals surface area (Å²) in [5.74, 6) is -0.523. The molecule has 7 rings (SSSR count). The number of carbonyl (C=O) groups excluding carboxylic acids is 2. The third kappa shape index (κ3) is 14.3. The van der Waals surface area contributed by atoms with Crippen LogP contribution >= 0.6 is 15.9 Å². The lowest BCUT2D eigenvalue weighted by molar-refractivity contribution is -0.144.